The summed E-state index contributed by atoms with van der Waals surface area (Å²) >= 11 is 0. The van der Waals surface area contributed by atoms with Crippen LogP contribution in [-0.4, -0.2) is 6.16 Å². The standard InChI is InChI=1S/C4H10.CH2O3.2Na/c1-3-4-2;2-1(3)4;;/h3-4H2,1-2H3;(H2,2,3,4);;/q;;2*+1/p-2. The number of hydrogen-bond donors (Lipinski definition) is 0. The predicted molar refractivity (Wildman–Crippen MR) is 26.0 cm³/mol. The van der Waals surface area contributed by atoms with Gasteiger partial charge in [-0.25, -0.2) is 0 Å². The van der Waals surface area contributed by atoms with E-state index in [9.17, 15) is 0 Å². The molecule has 0 spiro atoms. The zero-order chi connectivity index (χ0) is 6.99. The predicted octanol–water partition coefficient (Wildman–Crippen LogP) is -6.63. The van der Waals surface area contributed by atoms with Crippen molar-refractivity contribution in [1.29, 1.82) is 0 Å². The van der Waals surface area contributed by atoms with Gasteiger partial charge in [0.05, 0.1) is 0 Å². The van der Waals surface area contributed by atoms with Gasteiger partial charge in [-0.3, -0.25) is 0 Å². The summed E-state index contributed by atoms with van der Waals surface area (Å²) in [5.41, 5.74) is 0. The number of carboxylic acid groups (broad SMARTS) is 2. The van der Waals surface area contributed by atoms with Gasteiger partial charge >= 0.3 is 59.1 Å². The van der Waals surface area contributed by atoms with Crippen LogP contribution in [0.4, 0.5) is 4.79 Å². The van der Waals surface area contributed by atoms with Crippen LogP contribution in [0.1, 0.15) is 26.7 Å². The topological polar surface area (TPSA) is 63.2 Å². The maximum atomic E-state index is 8.33. The molecule has 10 heavy (non-hydrogen) atoms. The third-order valence-electron chi connectivity index (χ3n) is 0.500. The van der Waals surface area contributed by atoms with Crippen LogP contribution in [0.3, 0.4) is 0 Å². The zero-order valence-electron chi connectivity index (χ0n) is 7.14. The van der Waals surface area contributed by atoms with Gasteiger partial charge in [-0.15, -0.1) is 0 Å². The molecule has 0 rings (SSSR count). The van der Waals surface area contributed by atoms with E-state index in [0.29, 0.717) is 0 Å². The van der Waals surface area contributed by atoms with E-state index in [-0.39, 0.29) is 59.1 Å². The molecule has 50 valence electrons. The molecule has 0 heterocycles. The van der Waals surface area contributed by atoms with Crippen molar-refractivity contribution in [3.63, 3.8) is 0 Å². The first-order valence-corrected chi connectivity index (χ1v) is 2.53. The van der Waals surface area contributed by atoms with E-state index < -0.39 is 6.16 Å². The van der Waals surface area contributed by atoms with Gasteiger partial charge in [0.15, 0.2) is 0 Å². The van der Waals surface area contributed by atoms with Crippen LogP contribution in [0, 0.1) is 0 Å². The molecule has 0 atom stereocenters. The molecule has 0 radical (unpaired) electrons. The summed E-state index contributed by atoms with van der Waals surface area (Å²) < 4.78 is 0. The van der Waals surface area contributed by atoms with E-state index in [4.69, 9.17) is 15.0 Å². The Bertz CT molecular complexity index is 52.9. The SMILES string of the molecule is CCCC.O=C([O-])[O-].[Na+].[Na+]. The van der Waals surface area contributed by atoms with Crippen LogP contribution in [0.5, 0.6) is 0 Å². The minimum Gasteiger partial charge on any atom is -0.652 e. The van der Waals surface area contributed by atoms with Gasteiger partial charge in [-0.05, 0) is 6.16 Å². The Hall–Kier alpha value is 1.27. The molecular formula is C5H10Na2O3. The summed E-state index contributed by atoms with van der Waals surface area (Å²) in [5, 5.41) is 16.7. The summed E-state index contributed by atoms with van der Waals surface area (Å²) in [6.45, 7) is 4.36. The molecule has 0 aromatic rings. The smallest absolute Gasteiger partial charge is 0.652 e. The van der Waals surface area contributed by atoms with E-state index in [2.05, 4.69) is 13.8 Å². The molecule has 0 saturated heterocycles. The minimum atomic E-state index is -2.33. The average Bonchev–Trinajstić information content (AvgIpc) is 1.65. The molecule has 0 fully saturated rings. The second-order valence-corrected chi connectivity index (χ2v) is 1.25. The van der Waals surface area contributed by atoms with Crippen LogP contribution in [0.2, 0.25) is 0 Å². The minimum absolute atomic E-state index is 0. The van der Waals surface area contributed by atoms with Crippen molar-refractivity contribution in [2.45, 2.75) is 26.7 Å². The molecule has 0 aromatic carbocycles. The Morgan fingerprint density at radius 3 is 1.20 bits per heavy atom. The van der Waals surface area contributed by atoms with Crippen molar-refractivity contribution in [3.05, 3.63) is 0 Å². The van der Waals surface area contributed by atoms with Crippen LogP contribution in [0.25, 0.3) is 0 Å². The van der Waals surface area contributed by atoms with Crippen molar-refractivity contribution in [3.8, 4) is 0 Å². The van der Waals surface area contributed by atoms with Gasteiger partial charge in [-0.2, -0.15) is 0 Å². The van der Waals surface area contributed by atoms with E-state index in [1.165, 1.54) is 12.8 Å². The quantitative estimate of drug-likeness (QED) is 0.362. The maximum absolute atomic E-state index is 8.33. The Balaban J connectivity index is -0.0000000300. The van der Waals surface area contributed by atoms with Gasteiger partial charge in [0.2, 0.25) is 0 Å². The van der Waals surface area contributed by atoms with Crippen LogP contribution < -0.4 is 69.3 Å². The van der Waals surface area contributed by atoms with Crippen LogP contribution in [0.15, 0.2) is 0 Å². The van der Waals surface area contributed by atoms with Gasteiger partial charge < -0.3 is 15.0 Å². The monoisotopic (exact) mass is 164 g/mol. The van der Waals surface area contributed by atoms with Crippen molar-refractivity contribution >= 4 is 6.16 Å². The van der Waals surface area contributed by atoms with Gasteiger partial charge in [0.25, 0.3) is 0 Å². The van der Waals surface area contributed by atoms with Gasteiger partial charge in [-0.1, -0.05) is 26.7 Å². The largest absolute Gasteiger partial charge is 1.00 e. The molecule has 5 heteroatoms. The summed E-state index contributed by atoms with van der Waals surface area (Å²) in [6.07, 6.45) is 0.306. The van der Waals surface area contributed by atoms with Crippen molar-refractivity contribution in [2.75, 3.05) is 0 Å². The molecule has 0 saturated carbocycles. The number of unbranched alkanes of at least 4 members (excludes halogenated alkanes) is 1. The van der Waals surface area contributed by atoms with E-state index >= 15 is 0 Å². The molecule has 3 nitrogen and oxygen atoms in total. The van der Waals surface area contributed by atoms with Crippen LogP contribution in [-0.2, 0) is 0 Å². The van der Waals surface area contributed by atoms with E-state index in [1.807, 2.05) is 0 Å². The molecule has 0 aliphatic heterocycles. The average molecular weight is 164 g/mol. The molecule has 0 unspecified atom stereocenters. The first kappa shape index (κ1) is 22.5. The van der Waals surface area contributed by atoms with E-state index in [0.717, 1.165) is 0 Å². The third-order valence-corrected chi connectivity index (χ3v) is 0.500. The molecule has 0 aliphatic carbocycles. The Kier molecular flexibility index (Phi) is 50.5. The number of carbonyl (C=O) groups excluding carboxylic acids is 1. The molecule has 0 aromatic heterocycles. The maximum Gasteiger partial charge on any atom is 1.00 e. The van der Waals surface area contributed by atoms with Gasteiger partial charge in [0.1, 0.15) is 0 Å². The second kappa shape index (κ2) is 22.4. The molecule has 0 N–H and O–H groups in total. The van der Waals surface area contributed by atoms with Crippen molar-refractivity contribution in [2.24, 2.45) is 0 Å². The van der Waals surface area contributed by atoms with Crippen molar-refractivity contribution in [1.82, 2.24) is 0 Å². The fourth-order valence-corrected chi connectivity index (χ4v) is 0. The zero-order valence-corrected chi connectivity index (χ0v) is 11.1. The summed E-state index contributed by atoms with van der Waals surface area (Å²) in [7, 11) is 0. The molecular weight excluding hydrogens is 154 g/mol. The molecule has 0 amide bonds. The normalized spacial score (nSPS) is 5.40. The molecule has 0 aliphatic rings. The third kappa shape index (κ3) is 123. The first-order valence-electron chi connectivity index (χ1n) is 2.53. The fraction of sp³-hybridized carbons (Fsp3) is 0.800. The first-order chi connectivity index (χ1) is 3.65. The number of hydrogen-bond acceptors (Lipinski definition) is 3. The summed E-state index contributed by atoms with van der Waals surface area (Å²) in [6, 6.07) is 0. The fourth-order valence-electron chi connectivity index (χ4n) is 0. The summed E-state index contributed by atoms with van der Waals surface area (Å²) in [5.74, 6) is 0. The molecule has 0 bridgehead atoms. The Morgan fingerprint density at radius 2 is 1.20 bits per heavy atom. The van der Waals surface area contributed by atoms with Gasteiger partial charge in [0, 0.05) is 0 Å². The Morgan fingerprint density at radius 1 is 1.10 bits per heavy atom. The van der Waals surface area contributed by atoms with Crippen LogP contribution >= 0.6 is 0 Å². The number of carbonyl (C=O) groups is 1. The van der Waals surface area contributed by atoms with E-state index in [1.54, 1.807) is 0 Å². The van der Waals surface area contributed by atoms with Crippen molar-refractivity contribution < 1.29 is 74.1 Å². The Labute approximate surface area is 106 Å². The summed E-state index contributed by atoms with van der Waals surface area (Å²) in [4.78, 5) is 8.33. The number of rotatable bonds is 1. The second-order valence-electron chi connectivity index (χ2n) is 1.25.